The first kappa shape index (κ1) is 9.50. The molecule has 0 aliphatic heterocycles. The fraction of sp³-hybridized carbons (Fsp3) is 0.143. The number of alkyl halides is 2. The highest BCUT2D eigenvalue weighted by Gasteiger charge is 2.15. The Balaban J connectivity index is 2.69. The SMILES string of the molecule is O=C(Nc1cccc(F)n1)C(F)F. The molecule has 0 atom stereocenters. The lowest BCUT2D eigenvalue weighted by molar-refractivity contribution is -0.126. The van der Waals surface area contributed by atoms with Gasteiger partial charge in [-0.3, -0.25) is 4.79 Å². The molecule has 1 heterocycles. The standard InChI is InChI=1S/C7H5F3N2O/c8-4-2-1-3-5(11-4)12-7(13)6(9)10/h1-3,6H,(H,11,12,13). The smallest absolute Gasteiger partial charge is 0.306 e. The van der Waals surface area contributed by atoms with E-state index < -0.39 is 18.3 Å². The summed E-state index contributed by atoms with van der Waals surface area (Å²) in [5.41, 5.74) is 0. The molecule has 13 heavy (non-hydrogen) atoms. The number of aromatic nitrogens is 1. The van der Waals surface area contributed by atoms with Crippen molar-refractivity contribution in [2.24, 2.45) is 0 Å². The average molecular weight is 190 g/mol. The summed E-state index contributed by atoms with van der Waals surface area (Å²) >= 11 is 0. The summed E-state index contributed by atoms with van der Waals surface area (Å²) in [4.78, 5) is 13.6. The molecule has 1 amide bonds. The molecule has 6 heteroatoms. The number of pyridine rings is 1. The number of amides is 1. The number of hydrogen-bond donors (Lipinski definition) is 1. The van der Waals surface area contributed by atoms with Crippen LogP contribution in [0.5, 0.6) is 0 Å². The molecule has 1 rings (SSSR count). The summed E-state index contributed by atoms with van der Waals surface area (Å²) < 4.78 is 35.7. The molecule has 1 aromatic rings. The van der Waals surface area contributed by atoms with Crippen LogP contribution in [-0.2, 0) is 4.79 Å². The summed E-state index contributed by atoms with van der Waals surface area (Å²) in [6.07, 6.45) is -3.13. The van der Waals surface area contributed by atoms with Crippen molar-refractivity contribution in [1.82, 2.24) is 4.98 Å². The van der Waals surface area contributed by atoms with Gasteiger partial charge >= 0.3 is 6.43 Å². The van der Waals surface area contributed by atoms with Crippen molar-refractivity contribution in [3.8, 4) is 0 Å². The summed E-state index contributed by atoms with van der Waals surface area (Å²) in [5, 5.41) is 1.74. The van der Waals surface area contributed by atoms with Gasteiger partial charge in [0.15, 0.2) is 0 Å². The maximum Gasteiger partial charge on any atom is 0.315 e. The Morgan fingerprint density at radius 1 is 1.46 bits per heavy atom. The fourth-order valence-corrected chi connectivity index (χ4v) is 0.659. The van der Waals surface area contributed by atoms with Crippen LogP contribution in [-0.4, -0.2) is 17.3 Å². The third-order valence-corrected chi connectivity index (χ3v) is 1.16. The predicted molar refractivity (Wildman–Crippen MR) is 38.8 cm³/mol. The minimum Gasteiger partial charge on any atom is -0.306 e. The summed E-state index contributed by atoms with van der Waals surface area (Å²) in [6.45, 7) is 0. The van der Waals surface area contributed by atoms with Crippen LogP contribution in [0.3, 0.4) is 0 Å². The highest BCUT2D eigenvalue weighted by atomic mass is 19.3. The molecule has 0 fully saturated rings. The Morgan fingerprint density at radius 3 is 2.69 bits per heavy atom. The maximum atomic E-state index is 12.4. The van der Waals surface area contributed by atoms with Crippen LogP contribution in [0.4, 0.5) is 19.0 Å². The highest BCUT2D eigenvalue weighted by Crippen LogP contribution is 2.05. The number of hydrogen-bond acceptors (Lipinski definition) is 2. The lowest BCUT2D eigenvalue weighted by atomic mass is 10.4. The molecule has 0 aliphatic carbocycles. The molecule has 70 valence electrons. The molecule has 0 unspecified atom stereocenters. The third-order valence-electron chi connectivity index (χ3n) is 1.16. The summed E-state index contributed by atoms with van der Waals surface area (Å²) in [5.74, 6) is -2.57. The van der Waals surface area contributed by atoms with E-state index in [0.717, 1.165) is 6.07 Å². The minimum absolute atomic E-state index is 0.231. The van der Waals surface area contributed by atoms with Crippen LogP contribution < -0.4 is 5.32 Å². The van der Waals surface area contributed by atoms with Crippen molar-refractivity contribution >= 4 is 11.7 Å². The number of anilines is 1. The van der Waals surface area contributed by atoms with Gasteiger partial charge in [-0.05, 0) is 12.1 Å². The van der Waals surface area contributed by atoms with Crippen LogP contribution in [0, 0.1) is 5.95 Å². The topological polar surface area (TPSA) is 42.0 Å². The molecule has 0 saturated carbocycles. The maximum absolute atomic E-state index is 12.4. The van der Waals surface area contributed by atoms with Gasteiger partial charge in [0, 0.05) is 0 Å². The van der Waals surface area contributed by atoms with Crippen LogP contribution in [0.15, 0.2) is 18.2 Å². The van der Waals surface area contributed by atoms with Gasteiger partial charge in [-0.25, -0.2) is 4.98 Å². The molecular formula is C7H5F3N2O. The predicted octanol–water partition coefficient (Wildman–Crippen LogP) is 1.42. The molecular weight excluding hydrogens is 185 g/mol. The second kappa shape index (κ2) is 3.88. The van der Waals surface area contributed by atoms with Gasteiger partial charge in [0.1, 0.15) is 5.82 Å². The van der Waals surface area contributed by atoms with Crippen LogP contribution >= 0.6 is 0 Å². The Morgan fingerprint density at radius 2 is 2.15 bits per heavy atom. The van der Waals surface area contributed by atoms with Crippen molar-refractivity contribution < 1.29 is 18.0 Å². The molecule has 0 spiro atoms. The number of rotatable bonds is 2. The number of halogens is 3. The van der Waals surface area contributed by atoms with Gasteiger partial charge in [-0.15, -0.1) is 0 Å². The second-order valence-corrected chi connectivity index (χ2v) is 2.14. The van der Waals surface area contributed by atoms with Gasteiger partial charge in [0.25, 0.3) is 5.91 Å². The monoisotopic (exact) mass is 190 g/mol. The molecule has 0 aliphatic rings. The van der Waals surface area contributed by atoms with E-state index in [2.05, 4.69) is 4.98 Å². The number of nitrogens with zero attached hydrogens (tertiary/aromatic N) is 1. The zero-order chi connectivity index (χ0) is 9.84. The Labute approximate surface area is 71.6 Å². The van der Waals surface area contributed by atoms with E-state index in [1.807, 2.05) is 0 Å². The Kier molecular flexibility index (Phi) is 2.84. The zero-order valence-electron chi connectivity index (χ0n) is 6.30. The van der Waals surface area contributed by atoms with E-state index in [-0.39, 0.29) is 5.82 Å². The van der Waals surface area contributed by atoms with E-state index in [4.69, 9.17) is 0 Å². The number of carbonyl (C=O) groups excluding carboxylic acids is 1. The largest absolute Gasteiger partial charge is 0.315 e. The van der Waals surface area contributed by atoms with Crippen molar-refractivity contribution in [1.29, 1.82) is 0 Å². The van der Waals surface area contributed by atoms with Crippen molar-refractivity contribution in [2.75, 3.05) is 5.32 Å². The van der Waals surface area contributed by atoms with E-state index in [1.165, 1.54) is 12.1 Å². The molecule has 0 radical (unpaired) electrons. The van der Waals surface area contributed by atoms with Crippen LogP contribution in [0.2, 0.25) is 0 Å². The minimum atomic E-state index is -3.13. The van der Waals surface area contributed by atoms with Crippen molar-refractivity contribution in [3.05, 3.63) is 24.1 Å². The molecule has 0 saturated heterocycles. The van der Waals surface area contributed by atoms with E-state index in [9.17, 15) is 18.0 Å². The Bertz CT molecular complexity index is 316. The lowest BCUT2D eigenvalue weighted by Crippen LogP contribution is -2.20. The first-order valence-corrected chi connectivity index (χ1v) is 3.31. The lowest BCUT2D eigenvalue weighted by Gasteiger charge is -2.01. The average Bonchev–Trinajstić information content (AvgIpc) is 2.04. The molecule has 1 N–H and O–H groups in total. The molecule has 0 aromatic carbocycles. The normalized spacial score (nSPS) is 10.2. The number of nitrogens with one attached hydrogen (secondary N) is 1. The number of carbonyl (C=O) groups is 1. The zero-order valence-corrected chi connectivity index (χ0v) is 6.30. The Hall–Kier alpha value is -1.59. The van der Waals surface area contributed by atoms with Gasteiger partial charge in [0.2, 0.25) is 5.95 Å². The second-order valence-electron chi connectivity index (χ2n) is 2.14. The summed E-state index contributed by atoms with van der Waals surface area (Å²) in [6, 6.07) is 3.50. The molecule has 3 nitrogen and oxygen atoms in total. The third kappa shape index (κ3) is 2.73. The first-order chi connectivity index (χ1) is 6.09. The van der Waals surface area contributed by atoms with Gasteiger partial charge in [0.05, 0.1) is 0 Å². The van der Waals surface area contributed by atoms with Crippen LogP contribution in [0.1, 0.15) is 0 Å². The quantitative estimate of drug-likeness (QED) is 0.716. The molecule has 0 bridgehead atoms. The van der Waals surface area contributed by atoms with Crippen molar-refractivity contribution in [2.45, 2.75) is 6.43 Å². The van der Waals surface area contributed by atoms with Crippen LogP contribution in [0.25, 0.3) is 0 Å². The van der Waals surface area contributed by atoms with Gasteiger partial charge in [-0.1, -0.05) is 6.07 Å². The van der Waals surface area contributed by atoms with Crippen molar-refractivity contribution in [3.63, 3.8) is 0 Å². The first-order valence-electron chi connectivity index (χ1n) is 3.31. The van der Waals surface area contributed by atoms with E-state index in [1.54, 1.807) is 5.32 Å². The van der Waals surface area contributed by atoms with Gasteiger partial charge < -0.3 is 5.32 Å². The van der Waals surface area contributed by atoms with Gasteiger partial charge in [-0.2, -0.15) is 13.2 Å². The van der Waals surface area contributed by atoms with E-state index >= 15 is 0 Å². The molecule has 1 aromatic heterocycles. The van der Waals surface area contributed by atoms with E-state index in [0.29, 0.717) is 0 Å². The fourth-order valence-electron chi connectivity index (χ4n) is 0.659. The highest BCUT2D eigenvalue weighted by molar-refractivity contribution is 5.92. The summed E-state index contributed by atoms with van der Waals surface area (Å²) in [7, 11) is 0.